The molecule has 0 bridgehead atoms. The van der Waals surface area contributed by atoms with Crippen molar-refractivity contribution in [1.82, 2.24) is 4.98 Å². The number of nitrogens with zero attached hydrogens (tertiary/aromatic N) is 1. The minimum atomic E-state index is 0.102. The van der Waals surface area contributed by atoms with Crippen LogP contribution in [0.3, 0.4) is 0 Å². The highest BCUT2D eigenvalue weighted by Gasteiger charge is 2.08. The molecule has 0 radical (unpaired) electrons. The number of hydrogen-bond acceptors (Lipinski definition) is 2. The lowest BCUT2D eigenvalue weighted by Gasteiger charge is -1.91. The predicted molar refractivity (Wildman–Crippen MR) is 51.7 cm³/mol. The third-order valence-corrected chi connectivity index (χ3v) is 2.28. The zero-order valence-corrected chi connectivity index (χ0v) is 8.74. The summed E-state index contributed by atoms with van der Waals surface area (Å²) in [5.74, 6) is 0. The van der Waals surface area contributed by atoms with E-state index in [-0.39, 0.29) is 5.35 Å². The second kappa shape index (κ2) is 2.91. The van der Waals surface area contributed by atoms with Crippen LogP contribution in [-0.2, 0) is 0 Å². The molecule has 1 aromatic heterocycles. The van der Waals surface area contributed by atoms with Gasteiger partial charge in [-0.2, -0.15) is 4.98 Å². The van der Waals surface area contributed by atoms with Gasteiger partial charge in [0.05, 0.1) is 5.02 Å². The van der Waals surface area contributed by atoms with Crippen molar-refractivity contribution >= 4 is 50.2 Å². The SMILES string of the molecule is Clc1nc2cc(Br)cc(Cl)c2o1. The van der Waals surface area contributed by atoms with E-state index in [1.807, 2.05) is 0 Å². The topological polar surface area (TPSA) is 26.0 Å². The Morgan fingerprint density at radius 1 is 1.33 bits per heavy atom. The van der Waals surface area contributed by atoms with Crippen molar-refractivity contribution < 1.29 is 4.42 Å². The highest BCUT2D eigenvalue weighted by molar-refractivity contribution is 9.10. The first-order valence-electron chi connectivity index (χ1n) is 3.08. The van der Waals surface area contributed by atoms with E-state index in [0.29, 0.717) is 16.1 Å². The van der Waals surface area contributed by atoms with Gasteiger partial charge in [-0.3, -0.25) is 0 Å². The summed E-state index contributed by atoms with van der Waals surface area (Å²) in [6, 6.07) is 3.52. The molecule has 62 valence electrons. The molecule has 12 heavy (non-hydrogen) atoms. The molecule has 0 spiro atoms. The second-order valence-electron chi connectivity index (χ2n) is 2.20. The van der Waals surface area contributed by atoms with E-state index in [1.54, 1.807) is 12.1 Å². The maximum absolute atomic E-state index is 5.85. The summed E-state index contributed by atoms with van der Waals surface area (Å²) >= 11 is 14.7. The van der Waals surface area contributed by atoms with Crippen LogP contribution in [0.2, 0.25) is 10.4 Å². The van der Waals surface area contributed by atoms with Crippen molar-refractivity contribution in [3.05, 3.63) is 27.0 Å². The van der Waals surface area contributed by atoms with Gasteiger partial charge in [-0.15, -0.1) is 0 Å². The van der Waals surface area contributed by atoms with Crippen molar-refractivity contribution in [3.63, 3.8) is 0 Å². The number of fused-ring (bicyclic) bond motifs is 1. The fraction of sp³-hybridized carbons (Fsp3) is 0. The number of hydrogen-bond donors (Lipinski definition) is 0. The average Bonchev–Trinajstić information content (AvgIpc) is 2.29. The largest absolute Gasteiger partial charge is 0.426 e. The van der Waals surface area contributed by atoms with E-state index in [9.17, 15) is 0 Å². The highest BCUT2D eigenvalue weighted by Crippen LogP contribution is 2.29. The maximum Gasteiger partial charge on any atom is 0.293 e. The molecule has 0 aliphatic rings. The first-order valence-corrected chi connectivity index (χ1v) is 4.63. The summed E-state index contributed by atoms with van der Waals surface area (Å²) in [5, 5.41) is 0.601. The number of halogens is 3. The minimum absolute atomic E-state index is 0.102. The maximum atomic E-state index is 5.85. The van der Waals surface area contributed by atoms with Gasteiger partial charge in [0.15, 0.2) is 5.58 Å². The zero-order valence-electron chi connectivity index (χ0n) is 5.64. The van der Waals surface area contributed by atoms with Gasteiger partial charge in [0, 0.05) is 4.47 Å². The summed E-state index contributed by atoms with van der Waals surface area (Å²) in [6.07, 6.45) is 0. The van der Waals surface area contributed by atoms with E-state index >= 15 is 0 Å². The number of benzene rings is 1. The van der Waals surface area contributed by atoms with Gasteiger partial charge in [0.2, 0.25) is 0 Å². The monoisotopic (exact) mass is 265 g/mol. The van der Waals surface area contributed by atoms with Crippen LogP contribution < -0.4 is 0 Å². The Bertz CT molecular complexity index is 440. The van der Waals surface area contributed by atoms with E-state index in [0.717, 1.165) is 4.47 Å². The minimum Gasteiger partial charge on any atom is -0.426 e. The Morgan fingerprint density at radius 2 is 2.08 bits per heavy atom. The van der Waals surface area contributed by atoms with Gasteiger partial charge < -0.3 is 4.42 Å². The van der Waals surface area contributed by atoms with Gasteiger partial charge in [0.25, 0.3) is 5.35 Å². The molecule has 0 atom stereocenters. The molecule has 0 unspecified atom stereocenters. The van der Waals surface area contributed by atoms with Gasteiger partial charge in [-0.1, -0.05) is 27.5 Å². The van der Waals surface area contributed by atoms with Gasteiger partial charge in [0.1, 0.15) is 5.52 Å². The standard InChI is InChI=1S/C7H2BrCl2NO/c8-3-1-4(9)6-5(2-3)11-7(10)12-6/h1-2H. The Morgan fingerprint density at radius 3 is 2.83 bits per heavy atom. The summed E-state index contributed by atoms with van der Waals surface area (Å²) in [5.41, 5.74) is 1.17. The van der Waals surface area contributed by atoms with E-state index < -0.39 is 0 Å². The van der Waals surface area contributed by atoms with Crippen molar-refractivity contribution in [2.75, 3.05) is 0 Å². The fourth-order valence-electron chi connectivity index (χ4n) is 0.933. The molecular weight excluding hydrogens is 265 g/mol. The predicted octanol–water partition coefficient (Wildman–Crippen LogP) is 3.90. The molecule has 1 heterocycles. The van der Waals surface area contributed by atoms with Crippen LogP contribution >= 0.6 is 39.1 Å². The van der Waals surface area contributed by atoms with E-state index in [1.165, 1.54) is 0 Å². The van der Waals surface area contributed by atoms with Crippen LogP contribution in [0.15, 0.2) is 21.0 Å². The molecule has 0 fully saturated rings. The third-order valence-electron chi connectivity index (χ3n) is 1.38. The molecule has 0 aliphatic carbocycles. The van der Waals surface area contributed by atoms with Crippen LogP contribution in [0.25, 0.3) is 11.1 Å². The van der Waals surface area contributed by atoms with Gasteiger partial charge in [-0.05, 0) is 23.7 Å². The van der Waals surface area contributed by atoms with Crippen molar-refractivity contribution in [1.29, 1.82) is 0 Å². The average molecular weight is 267 g/mol. The molecule has 2 nitrogen and oxygen atoms in total. The van der Waals surface area contributed by atoms with Gasteiger partial charge >= 0.3 is 0 Å². The first-order chi connectivity index (χ1) is 5.66. The molecule has 5 heteroatoms. The number of rotatable bonds is 0. The Hall–Kier alpha value is -0.250. The summed E-state index contributed by atoms with van der Waals surface area (Å²) < 4.78 is 5.91. The van der Waals surface area contributed by atoms with Crippen LogP contribution in [0.1, 0.15) is 0 Å². The van der Waals surface area contributed by atoms with Crippen molar-refractivity contribution in [3.8, 4) is 0 Å². The summed E-state index contributed by atoms with van der Waals surface area (Å²) in [4.78, 5) is 3.92. The lowest BCUT2D eigenvalue weighted by Crippen LogP contribution is -1.70. The van der Waals surface area contributed by atoms with Crippen molar-refractivity contribution in [2.24, 2.45) is 0 Å². The molecule has 0 aliphatic heterocycles. The fourth-order valence-corrected chi connectivity index (χ4v) is 1.93. The quantitative estimate of drug-likeness (QED) is 0.723. The molecule has 0 saturated heterocycles. The molecule has 0 N–H and O–H groups in total. The molecule has 1 aromatic carbocycles. The van der Waals surface area contributed by atoms with E-state index in [2.05, 4.69) is 20.9 Å². The lowest BCUT2D eigenvalue weighted by molar-refractivity contribution is 0.604. The molecule has 2 rings (SSSR count). The smallest absolute Gasteiger partial charge is 0.293 e. The third kappa shape index (κ3) is 1.32. The highest BCUT2D eigenvalue weighted by atomic mass is 79.9. The molecule has 0 saturated carbocycles. The Balaban J connectivity index is 2.88. The molecule has 0 amide bonds. The second-order valence-corrected chi connectivity index (χ2v) is 3.85. The normalized spacial score (nSPS) is 10.9. The Kier molecular flexibility index (Phi) is 2.02. The Labute approximate surface area is 86.6 Å². The van der Waals surface area contributed by atoms with Crippen LogP contribution in [-0.4, -0.2) is 4.98 Å². The summed E-state index contributed by atoms with van der Waals surface area (Å²) in [7, 11) is 0. The molecular formula is C7H2BrCl2NO. The van der Waals surface area contributed by atoms with Gasteiger partial charge in [-0.25, -0.2) is 0 Å². The zero-order chi connectivity index (χ0) is 8.72. The van der Waals surface area contributed by atoms with Crippen molar-refractivity contribution in [2.45, 2.75) is 0 Å². The van der Waals surface area contributed by atoms with Crippen LogP contribution in [0, 0.1) is 0 Å². The number of oxazole rings is 1. The lowest BCUT2D eigenvalue weighted by atomic mass is 10.3. The first kappa shape index (κ1) is 8.35. The van der Waals surface area contributed by atoms with E-state index in [4.69, 9.17) is 27.6 Å². The van der Waals surface area contributed by atoms with Crippen LogP contribution in [0.4, 0.5) is 0 Å². The summed E-state index contributed by atoms with van der Waals surface area (Å²) in [6.45, 7) is 0. The number of aromatic nitrogens is 1. The molecule has 2 aromatic rings. The van der Waals surface area contributed by atoms with Crippen LogP contribution in [0.5, 0.6) is 0 Å².